The van der Waals surface area contributed by atoms with Gasteiger partial charge in [-0.2, -0.15) is 5.10 Å². The summed E-state index contributed by atoms with van der Waals surface area (Å²) in [5.41, 5.74) is 5.72. The number of carbonyl (C=O) groups excluding carboxylic acids is 1. The number of nitrogens with one attached hydrogen (secondary N) is 1. The fourth-order valence-electron chi connectivity index (χ4n) is 2.50. The summed E-state index contributed by atoms with van der Waals surface area (Å²) in [6.07, 6.45) is 1.62. The van der Waals surface area contributed by atoms with Gasteiger partial charge in [0.15, 0.2) is 0 Å². The molecule has 5 heteroatoms. The molecule has 4 nitrogen and oxygen atoms in total. The number of ether oxygens (including phenoxy) is 1. The van der Waals surface area contributed by atoms with E-state index in [9.17, 15) is 9.18 Å². The number of hydrogen-bond donors (Lipinski definition) is 1. The summed E-state index contributed by atoms with van der Waals surface area (Å²) in [6, 6.07) is 11.3. The van der Waals surface area contributed by atoms with Crippen LogP contribution in [0.3, 0.4) is 0 Å². The van der Waals surface area contributed by atoms with E-state index in [-0.39, 0.29) is 5.56 Å². The van der Waals surface area contributed by atoms with Crippen LogP contribution in [0.1, 0.15) is 27.9 Å². The standard InChI is InChI=1S/C17H15FN2O2/c1-22-14-6-7-15-11(10-14)5-8-16(15)19-20-17(21)12-3-2-4-13(18)9-12/h2-4,6-7,9-10H,5,8H2,1H3,(H,20,21). The third-order valence-electron chi connectivity index (χ3n) is 3.63. The number of carbonyl (C=O) groups is 1. The van der Waals surface area contributed by atoms with Crippen LogP contribution in [0.4, 0.5) is 4.39 Å². The van der Waals surface area contributed by atoms with Crippen LogP contribution < -0.4 is 10.2 Å². The van der Waals surface area contributed by atoms with Crippen LogP contribution in [0.25, 0.3) is 0 Å². The molecule has 0 saturated carbocycles. The molecule has 0 atom stereocenters. The third-order valence-corrected chi connectivity index (χ3v) is 3.63. The van der Waals surface area contributed by atoms with Gasteiger partial charge in [-0.25, -0.2) is 9.82 Å². The van der Waals surface area contributed by atoms with E-state index < -0.39 is 11.7 Å². The summed E-state index contributed by atoms with van der Waals surface area (Å²) in [5, 5.41) is 4.18. The van der Waals surface area contributed by atoms with Crippen molar-refractivity contribution in [1.82, 2.24) is 5.43 Å². The van der Waals surface area contributed by atoms with Gasteiger partial charge in [0, 0.05) is 11.1 Å². The number of amides is 1. The maximum atomic E-state index is 13.1. The lowest BCUT2D eigenvalue weighted by atomic mass is 10.1. The second-order valence-electron chi connectivity index (χ2n) is 5.03. The quantitative estimate of drug-likeness (QED) is 0.886. The molecule has 1 aliphatic rings. The Morgan fingerprint density at radius 1 is 1.23 bits per heavy atom. The predicted molar refractivity (Wildman–Crippen MR) is 81.7 cm³/mol. The van der Waals surface area contributed by atoms with Gasteiger partial charge in [0.1, 0.15) is 11.6 Å². The molecule has 2 aromatic rings. The zero-order chi connectivity index (χ0) is 15.5. The highest BCUT2D eigenvalue weighted by Gasteiger charge is 2.18. The topological polar surface area (TPSA) is 50.7 Å². The van der Waals surface area contributed by atoms with E-state index >= 15 is 0 Å². The number of benzene rings is 2. The molecule has 0 saturated heterocycles. The molecule has 2 aromatic carbocycles. The fraction of sp³-hybridized carbons (Fsp3) is 0.176. The molecule has 1 N–H and O–H groups in total. The highest BCUT2D eigenvalue weighted by molar-refractivity contribution is 6.05. The molecule has 0 heterocycles. The first-order chi connectivity index (χ1) is 10.7. The summed E-state index contributed by atoms with van der Waals surface area (Å²) in [7, 11) is 1.63. The van der Waals surface area contributed by atoms with Gasteiger partial charge in [-0.15, -0.1) is 0 Å². The molecule has 0 fully saturated rings. The van der Waals surface area contributed by atoms with Gasteiger partial charge in [-0.3, -0.25) is 4.79 Å². The molecule has 1 aliphatic carbocycles. The highest BCUT2D eigenvalue weighted by Crippen LogP contribution is 2.26. The lowest BCUT2D eigenvalue weighted by Crippen LogP contribution is -2.19. The first-order valence-electron chi connectivity index (χ1n) is 6.97. The lowest BCUT2D eigenvalue weighted by Gasteiger charge is -2.04. The zero-order valence-corrected chi connectivity index (χ0v) is 12.1. The highest BCUT2D eigenvalue weighted by atomic mass is 19.1. The van der Waals surface area contributed by atoms with E-state index in [0.29, 0.717) is 0 Å². The number of aryl methyl sites for hydroxylation is 1. The average Bonchev–Trinajstić information content (AvgIpc) is 2.94. The van der Waals surface area contributed by atoms with Crippen molar-refractivity contribution in [1.29, 1.82) is 0 Å². The van der Waals surface area contributed by atoms with Gasteiger partial charge in [0.2, 0.25) is 0 Å². The summed E-state index contributed by atoms with van der Waals surface area (Å²) in [5.74, 6) is -0.0589. The van der Waals surface area contributed by atoms with Crippen LogP contribution in [-0.4, -0.2) is 18.7 Å². The maximum Gasteiger partial charge on any atom is 0.271 e. The number of nitrogens with zero attached hydrogens (tertiary/aromatic N) is 1. The first kappa shape index (κ1) is 14.3. The Labute approximate surface area is 127 Å². The van der Waals surface area contributed by atoms with Crippen molar-refractivity contribution >= 4 is 11.6 Å². The Balaban J connectivity index is 1.77. The van der Waals surface area contributed by atoms with Crippen LogP contribution in [0.5, 0.6) is 5.75 Å². The van der Waals surface area contributed by atoms with Gasteiger partial charge >= 0.3 is 0 Å². The van der Waals surface area contributed by atoms with Crippen molar-refractivity contribution in [2.75, 3.05) is 7.11 Å². The summed E-state index contributed by atoms with van der Waals surface area (Å²) < 4.78 is 18.3. The van der Waals surface area contributed by atoms with E-state index in [1.54, 1.807) is 13.2 Å². The minimum Gasteiger partial charge on any atom is -0.497 e. The normalized spacial score (nSPS) is 14.7. The number of hydrogen-bond acceptors (Lipinski definition) is 3. The van der Waals surface area contributed by atoms with E-state index in [0.717, 1.165) is 35.4 Å². The third kappa shape index (κ3) is 2.83. The van der Waals surface area contributed by atoms with E-state index in [2.05, 4.69) is 10.5 Å². The molecule has 22 heavy (non-hydrogen) atoms. The smallest absolute Gasteiger partial charge is 0.271 e. The molecule has 0 unspecified atom stereocenters. The van der Waals surface area contributed by atoms with Crippen molar-refractivity contribution in [3.8, 4) is 5.75 Å². The Hall–Kier alpha value is -2.69. The second-order valence-corrected chi connectivity index (χ2v) is 5.03. The maximum absolute atomic E-state index is 13.1. The number of halogens is 1. The van der Waals surface area contributed by atoms with Crippen LogP contribution in [-0.2, 0) is 6.42 Å². The average molecular weight is 298 g/mol. The van der Waals surface area contributed by atoms with Crippen molar-refractivity contribution in [3.63, 3.8) is 0 Å². The Morgan fingerprint density at radius 2 is 2.09 bits per heavy atom. The number of fused-ring (bicyclic) bond motifs is 1. The van der Waals surface area contributed by atoms with Crippen molar-refractivity contribution in [2.24, 2.45) is 5.10 Å². The van der Waals surface area contributed by atoms with E-state index in [4.69, 9.17) is 4.74 Å². The molecule has 0 aliphatic heterocycles. The SMILES string of the molecule is COc1ccc2c(c1)CCC2=NNC(=O)c1cccc(F)c1. The minimum atomic E-state index is -0.446. The van der Waals surface area contributed by atoms with Gasteiger partial charge in [-0.1, -0.05) is 6.07 Å². The van der Waals surface area contributed by atoms with Gasteiger partial charge in [-0.05, 0) is 54.8 Å². The number of methoxy groups -OCH3 is 1. The van der Waals surface area contributed by atoms with Gasteiger partial charge in [0.05, 0.1) is 12.8 Å². The van der Waals surface area contributed by atoms with Crippen molar-refractivity contribution in [3.05, 3.63) is 65.0 Å². The lowest BCUT2D eigenvalue weighted by molar-refractivity contribution is 0.0954. The van der Waals surface area contributed by atoms with Crippen LogP contribution in [0, 0.1) is 5.82 Å². The molecule has 3 rings (SSSR count). The molecule has 0 spiro atoms. The van der Waals surface area contributed by atoms with Crippen LogP contribution in [0.15, 0.2) is 47.6 Å². The largest absolute Gasteiger partial charge is 0.497 e. The molecule has 0 aromatic heterocycles. The minimum absolute atomic E-state index is 0.248. The first-order valence-corrected chi connectivity index (χ1v) is 6.97. The monoisotopic (exact) mass is 298 g/mol. The molecule has 0 bridgehead atoms. The van der Waals surface area contributed by atoms with Crippen molar-refractivity contribution in [2.45, 2.75) is 12.8 Å². The van der Waals surface area contributed by atoms with Crippen LogP contribution in [0.2, 0.25) is 0 Å². The van der Waals surface area contributed by atoms with Crippen molar-refractivity contribution < 1.29 is 13.9 Å². The molecule has 112 valence electrons. The molecular formula is C17H15FN2O2. The van der Waals surface area contributed by atoms with Crippen LogP contribution >= 0.6 is 0 Å². The predicted octanol–water partition coefficient (Wildman–Crippen LogP) is 2.91. The summed E-state index contributed by atoms with van der Waals surface area (Å²) in [4.78, 5) is 12.0. The number of rotatable bonds is 3. The Kier molecular flexibility index (Phi) is 3.87. The second kappa shape index (κ2) is 5.97. The Morgan fingerprint density at radius 3 is 2.86 bits per heavy atom. The molecule has 0 radical (unpaired) electrons. The van der Waals surface area contributed by atoms with Gasteiger partial charge in [0.25, 0.3) is 5.91 Å². The summed E-state index contributed by atoms with van der Waals surface area (Å²) in [6.45, 7) is 0. The van der Waals surface area contributed by atoms with Gasteiger partial charge < -0.3 is 4.74 Å². The summed E-state index contributed by atoms with van der Waals surface area (Å²) >= 11 is 0. The molecule has 1 amide bonds. The zero-order valence-electron chi connectivity index (χ0n) is 12.1. The fourth-order valence-corrected chi connectivity index (χ4v) is 2.50. The molecular weight excluding hydrogens is 283 g/mol. The van der Waals surface area contributed by atoms with E-state index in [1.807, 2.05) is 18.2 Å². The van der Waals surface area contributed by atoms with E-state index in [1.165, 1.54) is 18.2 Å². The Bertz CT molecular complexity index is 756. The number of hydrazone groups is 1.